The lowest BCUT2D eigenvalue weighted by Gasteiger charge is -2.26. The maximum absolute atomic E-state index is 13.1. The van der Waals surface area contributed by atoms with Gasteiger partial charge < -0.3 is 9.84 Å². The molecule has 1 heterocycles. The van der Waals surface area contributed by atoms with Crippen molar-refractivity contribution in [3.8, 4) is 5.75 Å². The first-order chi connectivity index (χ1) is 19.0. The van der Waals surface area contributed by atoms with Gasteiger partial charge in [-0.25, -0.2) is 13.4 Å². The van der Waals surface area contributed by atoms with Crippen LogP contribution in [0, 0.1) is 5.41 Å². The van der Waals surface area contributed by atoms with Crippen molar-refractivity contribution in [2.75, 3.05) is 11.5 Å². The van der Waals surface area contributed by atoms with E-state index in [1.165, 1.54) is 12.1 Å². The number of ether oxygens (including phenoxy) is 1. The van der Waals surface area contributed by atoms with Crippen molar-refractivity contribution in [1.29, 1.82) is 0 Å². The number of hydrogen-bond acceptors (Lipinski definition) is 6. The topological polar surface area (TPSA) is 93.6 Å². The molecule has 0 saturated heterocycles. The zero-order chi connectivity index (χ0) is 28.8. The third kappa shape index (κ3) is 8.46. The molecule has 40 heavy (non-hydrogen) atoms. The highest BCUT2D eigenvalue weighted by atomic mass is 35.5. The van der Waals surface area contributed by atoms with Gasteiger partial charge in [-0.2, -0.15) is 11.8 Å². The van der Waals surface area contributed by atoms with E-state index in [-0.39, 0.29) is 22.3 Å². The number of thioether (sulfide) groups is 1. The zero-order valence-corrected chi connectivity index (χ0v) is 24.8. The third-order valence-electron chi connectivity index (χ3n) is 6.40. The van der Waals surface area contributed by atoms with Crippen LogP contribution in [0.2, 0.25) is 5.02 Å². The van der Waals surface area contributed by atoms with Gasteiger partial charge in [0.25, 0.3) is 0 Å². The van der Waals surface area contributed by atoms with Crippen molar-refractivity contribution in [2.24, 2.45) is 5.41 Å². The molecule has 0 aliphatic rings. The molecule has 9 heteroatoms. The van der Waals surface area contributed by atoms with Crippen LogP contribution >= 0.6 is 23.4 Å². The highest BCUT2D eigenvalue weighted by Crippen LogP contribution is 2.39. The number of pyridine rings is 1. The number of aliphatic carboxylic acids is 1. The van der Waals surface area contributed by atoms with Gasteiger partial charge in [-0.15, -0.1) is 0 Å². The molecule has 0 fully saturated rings. The molecule has 0 bridgehead atoms. The molecule has 210 valence electrons. The minimum atomic E-state index is -3.53. The maximum atomic E-state index is 13.1. The first kappa shape index (κ1) is 29.9. The SMILES string of the molecule is CC(C)(CSC(CCS(=O)(=O)c1ccc(Cl)cc1)c1cccc(OCc2ccc3ccccc3n2)c1)CC(=O)O. The first-order valence-electron chi connectivity index (χ1n) is 12.9. The average molecular weight is 598 g/mol. The summed E-state index contributed by atoms with van der Waals surface area (Å²) in [6, 6.07) is 25.7. The second kappa shape index (κ2) is 13.1. The normalized spacial score (nSPS) is 12.8. The van der Waals surface area contributed by atoms with Crippen molar-refractivity contribution in [3.63, 3.8) is 0 Å². The number of hydrogen-bond donors (Lipinski definition) is 1. The fourth-order valence-electron chi connectivity index (χ4n) is 4.31. The number of carboxylic acids is 1. The largest absolute Gasteiger partial charge is 0.487 e. The summed E-state index contributed by atoms with van der Waals surface area (Å²) >= 11 is 7.51. The summed E-state index contributed by atoms with van der Waals surface area (Å²) in [7, 11) is -3.53. The summed E-state index contributed by atoms with van der Waals surface area (Å²) in [4.78, 5) is 16.2. The smallest absolute Gasteiger partial charge is 0.303 e. The quantitative estimate of drug-likeness (QED) is 0.169. The molecular weight excluding hydrogens is 566 g/mol. The van der Waals surface area contributed by atoms with Crippen LogP contribution in [0.3, 0.4) is 0 Å². The molecule has 0 spiro atoms. The van der Waals surface area contributed by atoms with Crippen molar-refractivity contribution in [2.45, 2.75) is 43.4 Å². The predicted octanol–water partition coefficient (Wildman–Crippen LogP) is 7.61. The van der Waals surface area contributed by atoms with Crippen LogP contribution in [0.15, 0.2) is 89.8 Å². The fourth-order valence-corrected chi connectivity index (χ4v) is 7.29. The highest BCUT2D eigenvalue weighted by Gasteiger charge is 2.26. The summed E-state index contributed by atoms with van der Waals surface area (Å²) in [6.45, 7) is 4.11. The Kier molecular flexibility index (Phi) is 9.77. The van der Waals surface area contributed by atoms with Gasteiger partial charge in [0.05, 0.1) is 28.3 Å². The number of benzene rings is 3. The van der Waals surface area contributed by atoms with Crippen molar-refractivity contribution in [1.82, 2.24) is 4.98 Å². The third-order valence-corrected chi connectivity index (χ3v) is 10.3. The number of carbonyl (C=O) groups is 1. The molecule has 0 radical (unpaired) electrons. The van der Waals surface area contributed by atoms with E-state index in [2.05, 4.69) is 4.98 Å². The predicted molar refractivity (Wildman–Crippen MR) is 162 cm³/mol. The van der Waals surface area contributed by atoms with Gasteiger partial charge in [0.1, 0.15) is 12.4 Å². The van der Waals surface area contributed by atoms with E-state index < -0.39 is 21.2 Å². The second-order valence-corrected chi connectivity index (χ2v) is 14.2. The number of rotatable bonds is 13. The minimum absolute atomic E-state index is 0.0255. The number of halogens is 1. The summed E-state index contributed by atoms with van der Waals surface area (Å²) in [5.74, 6) is 0.294. The minimum Gasteiger partial charge on any atom is -0.487 e. The molecule has 0 aliphatic heterocycles. The molecule has 6 nitrogen and oxygen atoms in total. The lowest BCUT2D eigenvalue weighted by molar-refractivity contribution is -0.138. The van der Waals surface area contributed by atoms with Crippen molar-refractivity contribution < 1.29 is 23.1 Å². The van der Waals surface area contributed by atoms with Crippen LogP contribution in [0.4, 0.5) is 0 Å². The average Bonchev–Trinajstić information content (AvgIpc) is 2.91. The van der Waals surface area contributed by atoms with E-state index in [4.69, 9.17) is 16.3 Å². The second-order valence-electron chi connectivity index (χ2n) is 10.5. The Hall–Kier alpha value is -3.07. The zero-order valence-electron chi connectivity index (χ0n) is 22.4. The maximum Gasteiger partial charge on any atom is 0.303 e. The summed E-state index contributed by atoms with van der Waals surface area (Å²) in [5, 5.41) is 10.7. The Labute approximate surface area is 244 Å². The Balaban J connectivity index is 1.51. The lowest BCUT2D eigenvalue weighted by Crippen LogP contribution is -2.20. The van der Waals surface area contributed by atoms with Gasteiger partial charge in [0.2, 0.25) is 0 Å². The van der Waals surface area contributed by atoms with E-state index in [1.54, 1.807) is 23.9 Å². The standard InChI is InChI=1S/C31H32ClNO5S2/c1-31(2,19-30(34)35)21-39-29(16-17-40(36,37)27-14-11-24(32)12-15-27)23-7-5-8-26(18-23)38-20-25-13-10-22-6-3-4-9-28(22)33-25/h3-15,18,29H,16-17,19-21H2,1-2H3,(H,34,35). The van der Waals surface area contributed by atoms with Crippen LogP contribution in [0.25, 0.3) is 10.9 Å². The van der Waals surface area contributed by atoms with Crippen molar-refractivity contribution >= 4 is 50.1 Å². The Morgan fingerprint density at radius 1 is 1.02 bits per heavy atom. The molecule has 4 rings (SSSR count). The molecule has 0 saturated carbocycles. The summed E-state index contributed by atoms with van der Waals surface area (Å²) in [5.41, 5.74) is 2.17. The Morgan fingerprint density at radius 2 is 1.77 bits per heavy atom. The molecule has 1 unspecified atom stereocenters. The number of fused-ring (bicyclic) bond motifs is 1. The molecule has 3 aromatic carbocycles. The molecule has 0 amide bonds. The van der Waals surface area contributed by atoms with Gasteiger partial charge in [-0.3, -0.25) is 4.79 Å². The highest BCUT2D eigenvalue weighted by molar-refractivity contribution is 7.99. The lowest BCUT2D eigenvalue weighted by atomic mass is 9.92. The van der Waals surface area contributed by atoms with Crippen LogP contribution in [-0.4, -0.2) is 36.0 Å². The fraction of sp³-hybridized carbons (Fsp3) is 0.290. The molecule has 1 aromatic heterocycles. The van der Waals surface area contributed by atoms with Crippen LogP contribution in [-0.2, 0) is 21.2 Å². The van der Waals surface area contributed by atoms with E-state index in [0.29, 0.717) is 29.6 Å². The van der Waals surface area contributed by atoms with E-state index >= 15 is 0 Å². The number of aromatic nitrogens is 1. The molecule has 1 atom stereocenters. The van der Waals surface area contributed by atoms with Gasteiger partial charge in [-0.1, -0.05) is 61.8 Å². The van der Waals surface area contributed by atoms with E-state index in [9.17, 15) is 18.3 Å². The van der Waals surface area contributed by atoms with Gasteiger partial charge in [0, 0.05) is 15.7 Å². The number of sulfone groups is 1. The van der Waals surface area contributed by atoms with Crippen molar-refractivity contribution in [3.05, 3.63) is 101 Å². The van der Waals surface area contributed by atoms with Crippen LogP contribution < -0.4 is 4.74 Å². The van der Waals surface area contributed by atoms with Crippen LogP contribution in [0.5, 0.6) is 5.75 Å². The van der Waals surface area contributed by atoms with Gasteiger partial charge in [-0.05, 0) is 71.7 Å². The van der Waals surface area contributed by atoms with E-state index in [1.807, 2.05) is 74.5 Å². The monoisotopic (exact) mass is 597 g/mol. The first-order valence-corrected chi connectivity index (χ1v) is 16.0. The number of para-hydroxylation sites is 1. The van der Waals surface area contributed by atoms with Gasteiger partial charge >= 0.3 is 5.97 Å². The molecule has 4 aromatic rings. The Morgan fingerprint density at radius 3 is 2.52 bits per heavy atom. The summed E-state index contributed by atoms with van der Waals surface area (Å²) in [6.07, 6.45) is 0.381. The Bertz CT molecular complexity index is 1570. The molecular formula is C31H32ClNO5S2. The molecule has 0 aliphatic carbocycles. The van der Waals surface area contributed by atoms with Gasteiger partial charge in [0.15, 0.2) is 9.84 Å². The van der Waals surface area contributed by atoms with Crippen LogP contribution in [0.1, 0.15) is 43.2 Å². The number of nitrogens with zero attached hydrogens (tertiary/aromatic N) is 1. The summed E-state index contributed by atoms with van der Waals surface area (Å²) < 4.78 is 32.2. The van der Waals surface area contributed by atoms with E-state index in [0.717, 1.165) is 22.2 Å². The number of carboxylic acid groups (broad SMARTS) is 1. The molecule has 1 N–H and O–H groups in total.